The summed E-state index contributed by atoms with van der Waals surface area (Å²) in [5.74, 6) is 0.856. The minimum absolute atomic E-state index is 0.118. The molecule has 0 aliphatic rings. The molecule has 0 saturated carbocycles. The second-order valence-corrected chi connectivity index (χ2v) is 4.10. The Bertz CT molecular complexity index is 427. The van der Waals surface area contributed by atoms with E-state index in [9.17, 15) is 0 Å². The van der Waals surface area contributed by atoms with Gasteiger partial charge in [-0.3, -0.25) is 4.98 Å². The predicted octanol–water partition coefficient (Wildman–Crippen LogP) is 2.20. The van der Waals surface area contributed by atoms with E-state index in [2.05, 4.69) is 4.98 Å². The first-order valence-corrected chi connectivity index (χ1v) is 5.47. The number of thiophene rings is 1. The highest BCUT2D eigenvalue weighted by Gasteiger charge is 2.11. The molecule has 0 fully saturated rings. The van der Waals surface area contributed by atoms with Crippen molar-refractivity contribution in [2.24, 2.45) is 5.73 Å². The summed E-state index contributed by atoms with van der Waals surface area (Å²) in [6.45, 7) is 0. The Balaban J connectivity index is 2.24. The average molecular weight is 220 g/mol. The van der Waals surface area contributed by atoms with Gasteiger partial charge in [-0.25, -0.2) is 0 Å². The van der Waals surface area contributed by atoms with Crippen molar-refractivity contribution in [3.8, 4) is 5.75 Å². The second kappa shape index (κ2) is 4.42. The number of nitrogens with zero attached hydrogens (tertiary/aromatic N) is 1. The highest BCUT2D eigenvalue weighted by Crippen LogP contribution is 2.28. The molecule has 1 atom stereocenters. The Labute approximate surface area is 92.5 Å². The van der Waals surface area contributed by atoms with Gasteiger partial charge in [-0.2, -0.15) is 0 Å². The van der Waals surface area contributed by atoms with Crippen LogP contribution >= 0.6 is 11.3 Å². The van der Waals surface area contributed by atoms with Gasteiger partial charge >= 0.3 is 0 Å². The smallest absolute Gasteiger partial charge is 0.129 e. The molecule has 2 heterocycles. The lowest BCUT2D eigenvalue weighted by atomic mass is 10.1. The summed E-state index contributed by atoms with van der Waals surface area (Å²) in [5, 5.41) is 1.95. The van der Waals surface area contributed by atoms with Gasteiger partial charge in [-0.1, -0.05) is 6.07 Å². The van der Waals surface area contributed by atoms with E-state index in [0.29, 0.717) is 0 Å². The van der Waals surface area contributed by atoms with E-state index in [1.54, 1.807) is 30.8 Å². The van der Waals surface area contributed by atoms with Crippen LogP contribution in [-0.2, 0) is 0 Å². The third-order valence-electron chi connectivity index (χ3n) is 2.18. The van der Waals surface area contributed by atoms with Gasteiger partial charge in [0.1, 0.15) is 5.75 Å². The SMILES string of the molecule is COc1csc(C(N)c2cccnc2)c1. The Morgan fingerprint density at radius 1 is 1.53 bits per heavy atom. The molecule has 0 radical (unpaired) electrons. The van der Waals surface area contributed by atoms with Crippen LogP contribution in [0.25, 0.3) is 0 Å². The van der Waals surface area contributed by atoms with Crippen molar-refractivity contribution < 1.29 is 4.74 Å². The summed E-state index contributed by atoms with van der Waals surface area (Å²) in [6, 6.07) is 5.71. The van der Waals surface area contributed by atoms with Gasteiger partial charge in [-0.15, -0.1) is 11.3 Å². The van der Waals surface area contributed by atoms with Crippen LogP contribution in [-0.4, -0.2) is 12.1 Å². The molecule has 0 aliphatic heterocycles. The molecule has 2 aromatic heterocycles. The highest BCUT2D eigenvalue weighted by molar-refractivity contribution is 7.10. The maximum absolute atomic E-state index is 6.10. The molecular formula is C11H12N2OS. The van der Waals surface area contributed by atoms with Gasteiger partial charge in [0.05, 0.1) is 13.2 Å². The molecule has 0 amide bonds. The summed E-state index contributed by atoms with van der Waals surface area (Å²) in [6.07, 6.45) is 3.53. The van der Waals surface area contributed by atoms with Gasteiger partial charge in [0.15, 0.2) is 0 Å². The van der Waals surface area contributed by atoms with Gasteiger partial charge in [0.2, 0.25) is 0 Å². The van der Waals surface area contributed by atoms with E-state index in [-0.39, 0.29) is 6.04 Å². The number of aromatic nitrogens is 1. The van der Waals surface area contributed by atoms with Crippen LogP contribution in [0, 0.1) is 0 Å². The number of hydrogen-bond donors (Lipinski definition) is 1. The lowest BCUT2D eigenvalue weighted by molar-refractivity contribution is 0.416. The third-order valence-corrected chi connectivity index (χ3v) is 3.18. The minimum Gasteiger partial charge on any atom is -0.496 e. The number of ether oxygens (including phenoxy) is 1. The lowest BCUT2D eigenvalue weighted by Crippen LogP contribution is -2.10. The van der Waals surface area contributed by atoms with Gasteiger partial charge < -0.3 is 10.5 Å². The van der Waals surface area contributed by atoms with Crippen LogP contribution in [0.3, 0.4) is 0 Å². The first kappa shape index (κ1) is 10.1. The van der Waals surface area contributed by atoms with Gasteiger partial charge in [-0.05, 0) is 17.7 Å². The van der Waals surface area contributed by atoms with Crippen LogP contribution in [0.15, 0.2) is 36.0 Å². The van der Waals surface area contributed by atoms with Gasteiger partial charge in [0.25, 0.3) is 0 Å². The van der Waals surface area contributed by atoms with Crippen LogP contribution in [0.4, 0.5) is 0 Å². The zero-order chi connectivity index (χ0) is 10.7. The molecule has 2 rings (SSSR count). The van der Waals surface area contributed by atoms with Crippen molar-refractivity contribution in [3.05, 3.63) is 46.4 Å². The Kier molecular flexibility index (Phi) is 2.99. The molecular weight excluding hydrogens is 208 g/mol. The predicted molar refractivity (Wildman–Crippen MR) is 61.1 cm³/mol. The number of methoxy groups -OCH3 is 1. The second-order valence-electron chi connectivity index (χ2n) is 3.15. The fourth-order valence-electron chi connectivity index (χ4n) is 1.33. The molecule has 2 N–H and O–H groups in total. The summed E-state index contributed by atoms with van der Waals surface area (Å²) in [5.41, 5.74) is 7.11. The molecule has 0 spiro atoms. The number of hydrogen-bond acceptors (Lipinski definition) is 4. The highest BCUT2D eigenvalue weighted by atomic mass is 32.1. The Morgan fingerprint density at radius 3 is 3.00 bits per heavy atom. The monoisotopic (exact) mass is 220 g/mol. The normalized spacial score (nSPS) is 12.4. The molecule has 78 valence electrons. The topological polar surface area (TPSA) is 48.1 Å². The molecule has 0 aromatic carbocycles. The van der Waals surface area contributed by atoms with E-state index in [1.165, 1.54) is 0 Å². The van der Waals surface area contributed by atoms with Crippen LogP contribution in [0.5, 0.6) is 5.75 Å². The minimum atomic E-state index is -0.118. The first-order valence-electron chi connectivity index (χ1n) is 4.59. The Hall–Kier alpha value is -1.39. The van der Waals surface area contributed by atoms with Crippen molar-refractivity contribution in [1.29, 1.82) is 0 Å². The summed E-state index contributed by atoms with van der Waals surface area (Å²) in [7, 11) is 1.65. The molecule has 1 unspecified atom stereocenters. The molecule has 15 heavy (non-hydrogen) atoms. The zero-order valence-corrected chi connectivity index (χ0v) is 9.20. The van der Waals surface area contributed by atoms with Crippen LogP contribution in [0.1, 0.15) is 16.5 Å². The van der Waals surface area contributed by atoms with E-state index in [1.807, 2.05) is 23.6 Å². The van der Waals surface area contributed by atoms with Crippen molar-refractivity contribution in [1.82, 2.24) is 4.98 Å². The quantitative estimate of drug-likeness (QED) is 0.862. The molecule has 0 bridgehead atoms. The zero-order valence-electron chi connectivity index (χ0n) is 8.38. The average Bonchev–Trinajstić information content (AvgIpc) is 2.78. The largest absolute Gasteiger partial charge is 0.496 e. The van der Waals surface area contributed by atoms with Crippen molar-refractivity contribution >= 4 is 11.3 Å². The maximum Gasteiger partial charge on any atom is 0.129 e. The van der Waals surface area contributed by atoms with E-state index in [4.69, 9.17) is 10.5 Å². The number of nitrogens with two attached hydrogens (primary N) is 1. The van der Waals surface area contributed by atoms with Gasteiger partial charge in [0, 0.05) is 22.7 Å². The Morgan fingerprint density at radius 2 is 2.40 bits per heavy atom. The molecule has 4 heteroatoms. The van der Waals surface area contributed by atoms with E-state index < -0.39 is 0 Å². The maximum atomic E-state index is 6.10. The van der Waals surface area contributed by atoms with Crippen molar-refractivity contribution in [3.63, 3.8) is 0 Å². The number of pyridine rings is 1. The summed E-state index contributed by atoms with van der Waals surface area (Å²) in [4.78, 5) is 5.13. The molecule has 0 aliphatic carbocycles. The fourth-order valence-corrected chi connectivity index (χ4v) is 2.21. The summed E-state index contributed by atoms with van der Waals surface area (Å²) >= 11 is 1.60. The summed E-state index contributed by atoms with van der Waals surface area (Å²) < 4.78 is 5.12. The van der Waals surface area contributed by atoms with Crippen LogP contribution < -0.4 is 10.5 Å². The van der Waals surface area contributed by atoms with Crippen molar-refractivity contribution in [2.45, 2.75) is 6.04 Å². The fraction of sp³-hybridized carbons (Fsp3) is 0.182. The van der Waals surface area contributed by atoms with Crippen LogP contribution in [0.2, 0.25) is 0 Å². The molecule has 2 aromatic rings. The third kappa shape index (κ3) is 2.16. The van der Waals surface area contributed by atoms with E-state index >= 15 is 0 Å². The lowest BCUT2D eigenvalue weighted by Gasteiger charge is -2.08. The van der Waals surface area contributed by atoms with E-state index in [0.717, 1.165) is 16.2 Å². The molecule has 3 nitrogen and oxygen atoms in total. The number of rotatable bonds is 3. The first-order chi connectivity index (χ1) is 7.31. The van der Waals surface area contributed by atoms with Crippen molar-refractivity contribution in [2.75, 3.05) is 7.11 Å². The standard InChI is InChI=1S/C11H12N2OS/c1-14-9-5-10(15-7-9)11(12)8-3-2-4-13-6-8/h2-7,11H,12H2,1H3. The molecule has 0 saturated heterocycles.